The standard InChI is InChI=1S/C25H27ClN2O2S/c1-4-25(2,3)15-8-9-17-20(13-15)31-24-21(17)23(29)27-22(28-24)19-11-10-18(30-19)14-6-5-7-16(26)12-14/h5-7,10-12,15,22,28H,4,8-9,13H2,1-3H3,(H,27,29)/t15-,22-/m0/s1. The van der Waals surface area contributed by atoms with E-state index in [1.54, 1.807) is 11.3 Å². The lowest BCUT2D eigenvalue weighted by atomic mass is 9.69. The van der Waals surface area contributed by atoms with Gasteiger partial charge in [-0.2, -0.15) is 0 Å². The predicted octanol–water partition coefficient (Wildman–Crippen LogP) is 7.06. The van der Waals surface area contributed by atoms with Crippen LogP contribution in [0.2, 0.25) is 5.02 Å². The number of hydrogen-bond donors (Lipinski definition) is 2. The van der Waals surface area contributed by atoms with Gasteiger partial charge in [-0.3, -0.25) is 4.79 Å². The molecule has 1 aromatic carbocycles. The lowest BCUT2D eigenvalue weighted by Gasteiger charge is -2.36. The fourth-order valence-electron chi connectivity index (χ4n) is 4.70. The number of carbonyl (C=O) groups is 1. The van der Waals surface area contributed by atoms with E-state index in [0.717, 1.165) is 41.2 Å². The Bertz CT molecular complexity index is 1150. The molecule has 5 rings (SSSR count). The van der Waals surface area contributed by atoms with Gasteiger partial charge in [0.25, 0.3) is 5.91 Å². The van der Waals surface area contributed by atoms with E-state index in [9.17, 15) is 4.79 Å². The van der Waals surface area contributed by atoms with Crippen LogP contribution < -0.4 is 10.6 Å². The average molecular weight is 455 g/mol. The highest BCUT2D eigenvalue weighted by atomic mass is 35.5. The Hall–Kier alpha value is -2.24. The Morgan fingerprint density at radius 3 is 2.84 bits per heavy atom. The normalized spacial score (nSPS) is 20.6. The Balaban J connectivity index is 1.40. The maximum atomic E-state index is 13.1. The summed E-state index contributed by atoms with van der Waals surface area (Å²) in [6.45, 7) is 7.01. The van der Waals surface area contributed by atoms with Crippen LogP contribution in [0, 0.1) is 11.3 Å². The van der Waals surface area contributed by atoms with Crippen LogP contribution in [0.5, 0.6) is 0 Å². The lowest BCUT2D eigenvalue weighted by Crippen LogP contribution is -2.38. The molecule has 0 fully saturated rings. The number of rotatable bonds is 4. The monoisotopic (exact) mass is 454 g/mol. The molecule has 3 heterocycles. The first-order valence-electron chi connectivity index (χ1n) is 10.9. The van der Waals surface area contributed by atoms with Crippen molar-refractivity contribution in [3.05, 3.63) is 63.2 Å². The Labute approximate surface area is 192 Å². The molecule has 0 saturated carbocycles. The van der Waals surface area contributed by atoms with Gasteiger partial charge in [-0.25, -0.2) is 0 Å². The van der Waals surface area contributed by atoms with Crippen molar-refractivity contribution in [2.75, 3.05) is 5.32 Å². The summed E-state index contributed by atoms with van der Waals surface area (Å²) in [5, 5.41) is 8.23. The van der Waals surface area contributed by atoms with Crippen molar-refractivity contribution < 1.29 is 9.21 Å². The number of thiophene rings is 1. The van der Waals surface area contributed by atoms with Gasteiger partial charge < -0.3 is 15.1 Å². The zero-order valence-electron chi connectivity index (χ0n) is 18.0. The second kappa shape index (κ2) is 7.72. The number of nitrogens with one attached hydrogen (secondary N) is 2. The van der Waals surface area contributed by atoms with Crippen molar-refractivity contribution in [2.24, 2.45) is 11.3 Å². The molecule has 1 aliphatic carbocycles. The molecule has 4 nitrogen and oxygen atoms in total. The Morgan fingerprint density at radius 1 is 1.23 bits per heavy atom. The molecule has 2 aliphatic rings. The number of fused-ring (bicyclic) bond motifs is 3. The summed E-state index contributed by atoms with van der Waals surface area (Å²) in [5.74, 6) is 2.07. The third-order valence-corrected chi connectivity index (χ3v) is 8.50. The number of halogens is 1. The van der Waals surface area contributed by atoms with Gasteiger partial charge in [0, 0.05) is 15.5 Å². The summed E-state index contributed by atoms with van der Waals surface area (Å²) in [6, 6.07) is 11.4. The second-order valence-corrected chi connectivity index (χ2v) is 10.8. The van der Waals surface area contributed by atoms with Gasteiger partial charge >= 0.3 is 0 Å². The molecule has 1 aliphatic heterocycles. The van der Waals surface area contributed by atoms with E-state index in [0.29, 0.717) is 22.1 Å². The summed E-state index contributed by atoms with van der Waals surface area (Å²) in [4.78, 5) is 14.4. The minimum Gasteiger partial charge on any atom is -0.457 e. The molecule has 162 valence electrons. The first kappa shape index (κ1) is 20.7. The van der Waals surface area contributed by atoms with E-state index in [-0.39, 0.29) is 12.1 Å². The van der Waals surface area contributed by atoms with Gasteiger partial charge in [0.1, 0.15) is 16.5 Å². The number of furan rings is 1. The summed E-state index contributed by atoms with van der Waals surface area (Å²) < 4.78 is 6.07. The average Bonchev–Trinajstić information content (AvgIpc) is 3.38. The fourth-order valence-corrected chi connectivity index (χ4v) is 6.24. The first-order chi connectivity index (χ1) is 14.9. The van der Waals surface area contributed by atoms with E-state index in [4.69, 9.17) is 16.0 Å². The number of amides is 1. The van der Waals surface area contributed by atoms with Crippen LogP contribution in [0.4, 0.5) is 5.00 Å². The van der Waals surface area contributed by atoms with Gasteiger partial charge in [0.2, 0.25) is 0 Å². The van der Waals surface area contributed by atoms with E-state index in [1.165, 1.54) is 16.9 Å². The molecule has 0 bridgehead atoms. The van der Waals surface area contributed by atoms with E-state index < -0.39 is 0 Å². The van der Waals surface area contributed by atoms with Crippen molar-refractivity contribution in [3.63, 3.8) is 0 Å². The summed E-state index contributed by atoms with van der Waals surface area (Å²) >= 11 is 7.86. The third kappa shape index (κ3) is 3.68. The van der Waals surface area contributed by atoms with Gasteiger partial charge in [0.15, 0.2) is 6.17 Å². The SMILES string of the molecule is CCC(C)(C)[C@H]1CCc2c(sc3c2C(=O)N[C@H](c2ccc(-c4cccc(Cl)c4)o2)N3)C1. The van der Waals surface area contributed by atoms with Crippen LogP contribution in [0.3, 0.4) is 0 Å². The molecule has 2 aromatic heterocycles. The van der Waals surface area contributed by atoms with E-state index in [2.05, 4.69) is 31.4 Å². The third-order valence-electron chi connectivity index (χ3n) is 7.08. The molecule has 0 radical (unpaired) electrons. The van der Waals surface area contributed by atoms with Crippen molar-refractivity contribution in [1.29, 1.82) is 0 Å². The highest BCUT2D eigenvalue weighted by Crippen LogP contribution is 2.47. The van der Waals surface area contributed by atoms with Gasteiger partial charge in [-0.05, 0) is 60.4 Å². The van der Waals surface area contributed by atoms with Crippen LogP contribution in [0.15, 0.2) is 40.8 Å². The van der Waals surface area contributed by atoms with Crippen LogP contribution in [0.25, 0.3) is 11.3 Å². The van der Waals surface area contributed by atoms with Crippen LogP contribution in [-0.4, -0.2) is 5.91 Å². The highest BCUT2D eigenvalue weighted by molar-refractivity contribution is 7.16. The molecule has 0 saturated heterocycles. The van der Waals surface area contributed by atoms with Crippen LogP contribution in [0.1, 0.15) is 66.3 Å². The molecule has 1 amide bonds. The number of hydrogen-bond acceptors (Lipinski definition) is 4. The fraction of sp³-hybridized carbons (Fsp3) is 0.400. The molecule has 0 unspecified atom stereocenters. The molecule has 3 aromatic rings. The van der Waals surface area contributed by atoms with E-state index in [1.807, 2.05) is 36.4 Å². The largest absolute Gasteiger partial charge is 0.457 e. The van der Waals surface area contributed by atoms with Crippen molar-refractivity contribution >= 4 is 33.8 Å². The molecule has 0 spiro atoms. The Kier molecular flexibility index (Phi) is 5.14. The first-order valence-corrected chi connectivity index (χ1v) is 12.1. The molecule has 2 atom stereocenters. The Morgan fingerprint density at radius 2 is 2.06 bits per heavy atom. The molecule has 31 heavy (non-hydrogen) atoms. The number of anilines is 1. The molecular weight excluding hydrogens is 428 g/mol. The quantitative estimate of drug-likeness (QED) is 0.443. The second-order valence-electron chi connectivity index (χ2n) is 9.25. The summed E-state index contributed by atoms with van der Waals surface area (Å²) in [5.41, 5.74) is 3.32. The molecule has 2 N–H and O–H groups in total. The summed E-state index contributed by atoms with van der Waals surface area (Å²) in [7, 11) is 0. The molecular formula is C25H27ClN2O2S. The van der Waals surface area contributed by atoms with Gasteiger partial charge in [0.05, 0.1) is 5.56 Å². The zero-order valence-corrected chi connectivity index (χ0v) is 19.6. The molecule has 6 heteroatoms. The van der Waals surface area contributed by atoms with E-state index >= 15 is 0 Å². The lowest BCUT2D eigenvalue weighted by molar-refractivity contribution is 0.0930. The van der Waals surface area contributed by atoms with Crippen molar-refractivity contribution in [2.45, 2.75) is 52.6 Å². The minimum atomic E-state index is -0.379. The zero-order chi connectivity index (χ0) is 21.8. The number of carbonyl (C=O) groups excluding carboxylic acids is 1. The van der Waals surface area contributed by atoms with Gasteiger partial charge in [-0.15, -0.1) is 11.3 Å². The summed E-state index contributed by atoms with van der Waals surface area (Å²) in [6.07, 6.45) is 3.99. The highest BCUT2D eigenvalue weighted by Gasteiger charge is 2.37. The number of benzene rings is 1. The van der Waals surface area contributed by atoms with Crippen molar-refractivity contribution in [1.82, 2.24) is 5.32 Å². The predicted molar refractivity (Wildman–Crippen MR) is 127 cm³/mol. The minimum absolute atomic E-state index is 0.00911. The van der Waals surface area contributed by atoms with Crippen LogP contribution >= 0.6 is 22.9 Å². The van der Waals surface area contributed by atoms with Crippen molar-refractivity contribution in [3.8, 4) is 11.3 Å². The maximum absolute atomic E-state index is 13.1. The smallest absolute Gasteiger partial charge is 0.256 e. The van der Waals surface area contributed by atoms with Crippen LogP contribution in [-0.2, 0) is 12.8 Å². The van der Waals surface area contributed by atoms with Gasteiger partial charge in [-0.1, -0.05) is 50.9 Å². The maximum Gasteiger partial charge on any atom is 0.256 e. The topological polar surface area (TPSA) is 54.3 Å².